The molecule has 8 heteroatoms. The average molecular weight is 399 g/mol. The van der Waals surface area contributed by atoms with Crippen molar-refractivity contribution < 1.29 is 14.4 Å². The number of fused-ring (bicyclic) bond motifs is 1. The summed E-state index contributed by atoms with van der Waals surface area (Å²) < 4.78 is 0. The van der Waals surface area contributed by atoms with E-state index >= 15 is 0 Å². The van der Waals surface area contributed by atoms with E-state index in [0.717, 1.165) is 37.2 Å². The standard InChI is InChI=1S/C21H29N5O3/c1-25(2)21(12-23-13-21)8-9-22-10-14-4-3-5-15-11-26(20(29)18(14)15)16-6-7-17(27)24-19(16)28/h3-5,16,22-23H,6-13H2,1-2H3,(H,24,27,28). The van der Waals surface area contributed by atoms with Gasteiger partial charge in [-0.15, -0.1) is 0 Å². The molecule has 0 radical (unpaired) electrons. The Morgan fingerprint density at radius 3 is 2.69 bits per heavy atom. The van der Waals surface area contributed by atoms with Crippen molar-refractivity contribution in [1.82, 2.24) is 25.8 Å². The maximum absolute atomic E-state index is 13.1. The molecule has 0 aromatic heterocycles. The van der Waals surface area contributed by atoms with Gasteiger partial charge in [0.2, 0.25) is 11.8 Å². The van der Waals surface area contributed by atoms with E-state index in [1.807, 2.05) is 18.2 Å². The number of imide groups is 1. The fourth-order valence-corrected chi connectivity index (χ4v) is 4.51. The van der Waals surface area contributed by atoms with E-state index in [-0.39, 0.29) is 29.7 Å². The van der Waals surface area contributed by atoms with Crippen LogP contribution in [0.15, 0.2) is 18.2 Å². The van der Waals surface area contributed by atoms with Gasteiger partial charge in [0.15, 0.2) is 0 Å². The molecule has 1 aromatic rings. The molecule has 1 atom stereocenters. The molecule has 3 amide bonds. The molecule has 0 saturated carbocycles. The topological polar surface area (TPSA) is 93.8 Å². The highest BCUT2D eigenvalue weighted by atomic mass is 16.2. The second-order valence-electron chi connectivity index (χ2n) is 8.50. The largest absolute Gasteiger partial charge is 0.322 e. The van der Waals surface area contributed by atoms with Gasteiger partial charge in [-0.25, -0.2) is 0 Å². The van der Waals surface area contributed by atoms with Crippen LogP contribution in [0.5, 0.6) is 0 Å². The molecule has 3 aliphatic rings. The second-order valence-corrected chi connectivity index (χ2v) is 8.50. The van der Waals surface area contributed by atoms with Crippen LogP contribution in [0.4, 0.5) is 0 Å². The lowest BCUT2D eigenvalue weighted by Gasteiger charge is -2.48. The molecule has 4 rings (SSSR count). The minimum absolute atomic E-state index is 0.111. The van der Waals surface area contributed by atoms with Crippen LogP contribution >= 0.6 is 0 Å². The number of amides is 3. The molecule has 3 heterocycles. The number of nitrogens with one attached hydrogen (secondary N) is 3. The summed E-state index contributed by atoms with van der Waals surface area (Å²) in [5, 5.41) is 9.19. The number of carbonyl (C=O) groups is 3. The van der Waals surface area contributed by atoms with Crippen LogP contribution in [0.3, 0.4) is 0 Å². The lowest BCUT2D eigenvalue weighted by molar-refractivity contribution is -0.136. The van der Waals surface area contributed by atoms with Gasteiger partial charge in [0, 0.05) is 43.7 Å². The van der Waals surface area contributed by atoms with Crippen LogP contribution in [-0.4, -0.2) is 72.8 Å². The van der Waals surface area contributed by atoms with E-state index < -0.39 is 6.04 Å². The van der Waals surface area contributed by atoms with Crippen LogP contribution in [0.2, 0.25) is 0 Å². The zero-order chi connectivity index (χ0) is 20.6. The van der Waals surface area contributed by atoms with Crippen molar-refractivity contribution in [3.05, 3.63) is 34.9 Å². The monoisotopic (exact) mass is 399 g/mol. The van der Waals surface area contributed by atoms with Gasteiger partial charge in [0.1, 0.15) is 6.04 Å². The Kier molecular flexibility index (Phi) is 5.42. The fourth-order valence-electron chi connectivity index (χ4n) is 4.51. The first kappa shape index (κ1) is 20.0. The Balaban J connectivity index is 1.40. The number of carbonyl (C=O) groups excluding carboxylic acids is 3. The van der Waals surface area contributed by atoms with E-state index in [1.54, 1.807) is 4.90 Å². The zero-order valence-corrected chi connectivity index (χ0v) is 17.1. The van der Waals surface area contributed by atoms with Crippen molar-refractivity contribution in [2.45, 2.75) is 43.9 Å². The van der Waals surface area contributed by atoms with Crippen molar-refractivity contribution in [2.24, 2.45) is 0 Å². The molecular formula is C21H29N5O3. The predicted octanol–water partition coefficient (Wildman–Crippen LogP) is -0.169. The first-order valence-corrected chi connectivity index (χ1v) is 10.3. The number of rotatable bonds is 7. The summed E-state index contributed by atoms with van der Waals surface area (Å²) in [5.41, 5.74) is 2.83. The molecule has 2 saturated heterocycles. The van der Waals surface area contributed by atoms with Crippen molar-refractivity contribution in [3.63, 3.8) is 0 Å². The van der Waals surface area contributed by atoms with Gasteiger partial charge in [0.05, 0.1) is 0 Å². The van der Waals surface area contributed by atoms with Crippen molar-refractivity contribution >= 4 is 17.7 Å². The molecule has 29 heavy (non-hydrogen) atoms. The highest BCUT2D eigenvalue weighted by Gasteiger charge is 2.40. The summed E-state index contributed by atoms with van der Waals surface area (Å²) in [4.78, 5) is 40.6. The van der Waals surface area contributed by atoms with E-state index in [1.165, 1.54) is 0 Å². The van der Waals surface area contributed by atoms with E-state index in [2.05, 4.69) is 34.9 Å². The van der Waals surface area contributed by atoms with Gasteiger partial charge < -0.3 is 20.4 Å². The smallest absolute Gasteiger partial charge is 0.255 e. The predicted molar refractivity (Wildman–Crippen MR) is 108 cm³/mol. The Labute approximate surface area is 171 Å². The summed E-state index contributed by atoms with van der Waals surface area (Å²) in [6.45, 7) is 3.91. The summed E-state index contributed by atoms with van der Waals surface area (Å²) in [6.07, 6.45) is 1.70. The third-order valence-electron chi connectivity index (χ3n) is 6.58. The normalized spacial score (nSPS) is 23.2. The van der Waals surface area contributed by atoms with Crippen molar-refractivity contribution in [2.75, 3.05) is 33.7 Å². The molecule has 1 unspecified atom stereocenters. The minimum atomic E-state index is -0.570. The minimum Gasteiger partial charge on any atom is -0.322 e. The first-order valence-electron chi connectivity index (χ1n) is 10.3. The SMILES string of the molecule is CN(C)C1(CCNCc2cccc3c2C(=O)N(C2CCC(=O)NC2=O)C3)CNC1. The highest BCUT2D eigenvalue weighted by Crippen LogP contribution is 2.30. The molecule has 2 fully saturated rings. The van der Waals surface area contributed by atoms with Crippen molar-refractivity contribution in [3.8, 4) is 0 Å². The fraction of sp³-hybridized carbons (Fsp3) is 0.571. The maximum atomic E-state index is 13.1. The average Bonchev–Trinajstić information content (AvgIpc) is 2.97. The number of nitrogens with zero attached hydrogens (tertiary/aromatic N) is 2. The van der Waals surface area contributed by atoms with E-state index in [0.29, 0.717) is 25.1 Å². The molecule has 0 spiro atoms. The quantitative estimate of drug-likeness (QED) is 0.436. The summed E-state index contributed by atoms with van der Waals surface area (Å²) in [7, 11) is 4.24. The van der Waals surface area contributed by atoms with Crippen molar-refractivity contribution in [1.29, 1.82) is 0 Å². The molecule has 1 aromatic carbocycles. The Bertz CT molecular complexity index is 834. The molecule has 0 bridgehead atoms. The van der Waals surface area contributed by atoms with E-state index in [9.17, 15) is 14.4 Å². The lowest BCUT2D eigenvalue weighted by Crippen LogP contribution is -2.67. The second kappa shape index (κ2) is 7.85. The van der Waals surface area contributed by atoms with Gasteiger partial charge in [0.25, 0.3) is 5.91 Å². The summed E-state index contributed by atoms with van der Waals surface area (Å²) in [6, 6.07) is 5.32. The third-order valence-corrected chi connectivity index (χ3v) is 6.58. The zero-order valence-electron chi connectivity index (χ0n) is 17.1. The molecule has 8 nitrogen and oxygen atoms in total. The molecule has 156 valence electrons. The highest BCUT2D eigenvalue weighted by molar-refractivity contribution is 6.05. The van der Waals surface area contributed by atoms with Gasteiger partial charge >= 0.3 is 0 Å². The third kappa shape index (κ3) is 3.68. The number of hydrogen-bond acceptors (Lipinski definition) is 6. The van der Waals surface area contributed by atoms with Crippen LogP contribution in [0.1, 0.15) is 40.7 Å². The Morgan fingerprint density at radius 2 is 2.03 bits per heavy atom. The maximum Gasteiger partial charge on any atom is 0.255 e. The number of benzene rings is 1. The lowest BCUT2D eigenvalue weighted by atomic mass is 9.87. The van der Waals surface area contributed by atoms with Crippen LogP contribution in [0.25, 0.3) is 0 Å². The van der Waals surface area contributed by atoms with Crippen LogP contribution < -0.4 is 16.0 Å². The van der Waals surface area contributed by atoms with Gasteiger partial charge in [-0.3, -0.25) is 19.7 Å². The Hall–Kier alpha value is -2.29. The van der Waals surface area contributed by atoms with Gasteiger partial charge in [-0.2, -0.15) is 0 Å². The summed E-state index contributed by atoms with van der Waals surface area (Å²) >= 11 is 0. The van der Waals surface area contributed by atoms with Gasteiger partial charge in [-0.05, 0) is 44.6 Å². The number of piperidine rings is 1. The molecule has 3 aliphatic heterocycles. The molecule has 3 N–H and O–H groups in total. The number of likely N-dealkylation sites (N-methyl/N-ethyl adjacent to an activating group) is 1. The van der Waals surface area contributed by atoms with Crippen LogP contribution in [0, 0.1) is 0 Å². The number of hydrogen-bond donors (Lipinski definition) is 3. The summed E-state index contributed by atoms with van der Waals surface area (Å²) in [5.74, 6) is -0.748. The van der Waals surface area contributed by atoms with E-state index in [4.69, 9.17) is 0 Å². The first-order chi connectivity index (χ1) is 13.9. The molecular weight excluding hydrogens is 370 g/mol. The van der Waals surface area contributed by atoms with Gasteiger partial charge in [-0.1, -0.05) is 18.2 Å². The Morgan fingerprint density at radius 1 is 1.24 bits per heavy atom. The van der Waals surface area contributed by atoms with Crippen LogP contribution in [-0.2, 0) is 22.7 Å². The molecule has 0 aliphatic carbocycles.